The largest absolute Gasteiger partial charge is 0.484 e. The molecule has 1 aromatic carbocycles. The lowest BCUT2D eigenvalue weighted by Crippen LogP contribution is -2.56. The van der Waals surface area contributed by atoms with Crippen LogP contribution < -0.4 is 15.4 Å². The molecule has 2 atom stereocenters. The lowest BCUT2D eigenvalue weighted by molar-refractivity contribution is -0.142. The van der Waals surface area contributed by atoms with Crippen molar-refractivity contribution in [3.63, 3.8) is 0 Å². The molecule has 1 aromatic rings. The van der Waals surface area contributed by atoms with E-state index >= 15 is 0 Å². The fourth-order valence-corrected chi connectivity index (χ4v) is 5.15. The second-order valence-corrected chi connectivity index (χ2v) is 11.2. The van der Waals surface area contributed by atoms with Crippen LogP contribution in [-0.2, 0) is 30.3 Å². The molecule has 0 unspecified atom stereocenters. The molecule has 0 aromatic heterocycles. The van der Waals surface area contributed by atoms with Crippen molar-refractivity contribution in [2.75, 3.05) is 60.6 Å². The van der Waals surface area contributed by atoms with Crippen LogP contribution in [0, 0.1) is 5.92 Å². The van der Waals surface area contributed by atoms with E-state index < -0.39 is 23.9 Å². The average Bonchev–Trinajstić information content (AvgIpc) is 2.92. The number of carbonyl (C=O) groups is 4. The van der Waals surface area contributed by atoms with E-state index in [1.807, 2.05) is 26.0 Å². The molecule has 1 saturated heterocycles. The Bertz CT molecular complexity index is 1010. The number of methoxy groups -OCH3 is 1. The zero-order chi connectivity index (χ0) is 29.2. The van der Waals surface area contributed by atoms with Crippen LogP contribution in [0.4, 0.5) is 0 Å². The molecule has 2 N–H and O–H groups in total. The maximum absolute atomic E-state index is 13.7. The highest BCUT2D eigenvalue weighted by Gasteiger charge is 2.32. The Kier molecular flexibility index (Phi) is 11.8. The van der Waals surface area contributed by atoms with Gasteiger partial charge >= 0.3 is 0 Å². The monoisotopic (exact) mass is 559 g/mol. The summed E-state index contributed by atoms with van der Waals surface area (Å²) in [6.07, 6.45) is 2.42. The van der Waals surface area contributed by atoms with Crippen molar-refractivity contribution < 1.29 is 28.7 Å². The summed E-state index contributed by atoms with van der Waals surface area (Å²) in [6.45, 7) is 5.61. The third-order valence-corrected chi connectivity index (χ3v) is 7.50. The van der Waals surface area contributed by atoms with Crippen LogP contribution in [0.1, 0.15) is 38.7 Å². The Morgan fingerprint density at radius 2 is 1.77 bits per heavy atom. The highest BCUT2D eigenvalue weighted by Crippen LogP contribution is 2.18. The zero-order valence-electron chi connectivity index (χ0n) is 24.5. The molecule has 4 amide bonds. The molecule has 11 heteroatoms. The number of hydrogen-bond donors (Lipinski definition) is 2. The van der Waals surface area contributed by atoms with Gasteiger partial charge in [0.15, 0.2) is 6.61 Å². The van der Waals surface area contributed by atoms with Gasteiger partial charge in [0.05, 0.1) is 13.2 Å². The van der Waals surface area contributed by atoms with Crippen LogP contribution in [-0.4, -0.2) is 117 Å². The average molecular weight is 560 g/mol. The topological polar surface area (TPSA) is 121 Å². The third-order valence-electron chi connectivity index (χ3n) is 7.50. The van der Waals surface area contributed by atoms with Gasteiger partial charge in [0.25, 0.3) is 5.91 Å². The maximum Gasteiger partial charge on any atom is 0.258 e. The fraction of sp³-hybridized carbons (Fsp3) is 0.655. The van der Waals surface area contributed by atoms with Crippen LogP contribution in [0.25, 0.3) is 0 Å². The summed E-state index contributed by atoms with van der Waals surface area (Å²) in [7, 11) is 5.39. The summed E-state index contributed by atoms with van der Waals surface area (Å²) >= 11 is 0. The van der Waals surface area contributed by atoms with E-state index in [-0.39, 0.29) is 56.5 Å². The number of nitrogens with zero attached hydrogens (tertiary/aromatic N) is 3. The first-order chi connectivity index (χ1) is 19.1. The number of likely N-dealkylation sites (tertiary alicyclic amines) is 1. The van der Waals surface area contributed by atoms with Crippen molar-refractivity contribution in [2.24, 2.45) is 5.92 Å². The molecule has 0 saturated carbocycles. The number of nitrogens with one attached hydrogen (secondary N) is 2. The minimum atomic E-state index is -0.830. The lowest BCUT2D eigenvalue weighted by Gasteiger charge is -2.37. The highest BCUT2D eigenvalue weighted by atomic mass is 16.5. The van der Waals surface area contributed by atoms with Gasteiger partial charge in [-0.1, -0.05) is 26.0 Å². The Labute approximate surface area is 237 Å². The van der Waals surface area contributed by atoms with Crippen molar-refractivity contribution in [3.05, 3.63) is 29.8 Å². The Morgan fingerprint density at radius 1 is 1.10 bits per heavy atom. The van der Waals surface area contributed by atoms with Gasteiger partial charge in [-0.25, -0.2) is 0 Å². The standard InChI is InChI=1S/C29H45N5O6/c1-20(2)16-24-29(38)34(14-15-39-5)18-26(35)30-25(28(37)33(4)22-10-12-32(3)13-11-22)17-21-6-8-23(9-7-21)40-19-27(36)31-24/h6-9,20,22,24-25H,10-19H2,1-5H3,(H,30,35)(H,31,36)/t24-,25-/m0/s1. The van der Waals surface area contributed by atoms with Crippen molar-refractivity contribution in [1.29, 1.82) is 0 Å². The van der Waals surface area contributed by atoms with Gasteiger partial charge in [-0.3, -0.25) is 19.2 Å². The summed E-state index contributed by atoms with van der Waals surface area (Å²) in [6, 6.07) is 5.60. The number of ether oxygens (including phenoxy) is 2. The second kappa shape index (κ2) is 15.0. The molecule has 0 radical (unpaired) electrons. The van der Waals surface area contributed by atoms with E-state index in [2.05, 4.69) is 22.6 Å². The minimum Gasteiger partial charge on any atom is -0.484 e. The van der Waals surface area contributed by atoms with E-state index in [9.17, 15) is 19.2 Å². The lowest BCUT2D eigenvalue weighted by atomic mass is 10.0. The summed E-state index contributed by atoms with van der Waals surface area (Å²) in [5.74, 6) is -0.798. The Morgan fingerprint density at radius 3 is 2.40 bits per heavy atom. The Balaban J connectivity index is 1.89. The second-order valence-electron chi connectivity index (χ2n) is 11.2. The van der Waals surface area contributed by atoms with Gasteiger partial charge in [-0.05, 0) is 63.0 Å². The molecule has 3 aliphatic rings. The van der Waals surface area contributed by atoms with Crippen LogP contribution >= 0.6 is 0 Å². The molecule has 3 aliphatic heterocycles. The third kappa shape index (κ3) is 9.19. The highest BCUT2D eigenvalue weighted by molar-refractivity contribution is 5.93. The first-order valence-electron chi connectivity index (χ1n) is 14.1. The van der Waals surface area contributed by atoms with E-state index in [0.717, 1.165) is 31.5 Å². The van der Waals surface area contributed by atoms with Gasteiger partial charge in [0.2, 0.25) is 17.7 Å². The van der Waals surface area contributed by atoms with Gasteiger partial charge in [-0.2, -0.15) is 0 Å². The van der Waals surface area contributed by atoms with Crippen LogP contribution in [0.2, 0.25) is 0 Å². The number of carbonyl (C=O) groups excluding carboxylic acids is 4. The normalized spacial score (nSPS) is 22.1. The Hall–Kier alpha value is -3.18. The summed E-state index contributed by atoms with van der Waals surface area (Å²) in [4.78, 5) is 58.7. The van der Waals surface area contributed by atoms with Crippen LogP contribution in [0.3, 0.4) is 0 Å². The molecule has 11 nitrogen and oxygen atoms in total. The molecule has 2 bridgehead atoms. The molecule has 0 spiro atoms. The van der Waals surface area contributed by atoms with Gasteiger partial charge in [0, 0.05) is 33.2 Å². The molecule has 40 heavy (non-hydrogen) atoms. The molecule has 222 valence electrons. The van der Waals surface area contributed by atoms with E-state index in [1.165, 1.54) is 12.0 Å². The number of amides is 4. The van der Waals surface area contributed by atoms with E-state index in [0.29, 0.717) is 12.2 Å². The van der Waals surface area contributed by atoms with Crippen molar-refractivity contribution in [2.45, 2.75) is 57.7 Å². The molecular weight excluding hydrogens is 514 g/mol. The number of rotatable bonds is 7. The first-order valence-corrected chi connectivity index (χ1v) is 14.1. The molecule has 0 aliphatic carbocycles. The van der Waals surface area contributed by atoms with Crippen molar-refractivity contribution >= 4 is 23.6 Å². The summed E-state index contributed by atoms with van der Waals surface area (Å²) < 4.78 is 10.8. The molecule has 3 heterocycles. The summed E-state index contributed by atoms with van der Waals surface area (Å²) in [5, 5.41) is 5.69. The maximum atomic E-state index is 13.7. The number of fused-ring (bicyclic) bond motifs is 13. The number of likely N-dealkylation sites (N-methyl/N-ethyl adjacent to an activating group) is 1. The first kappa shape index (κ1) is 31.3. The van der Waals surface area contributed by atoms with Gasteiger partial charge in [-0.15, -0.1) is 0 Å². The molecular formula is C29H45N5O6. The van der Waals surface area contributed by atoms with E-state index in [4.69, 9.17) is 9.47 Å². The molecule has 4 rings (SSSR count). The smallest absolute Gasteiger partial charge is 0.258 e. The zero-order valence-corrected chi connectivity index (χ0v) is 24.5. The summed E-state index contributed by atoms with van der Waals surface area (Å²) in [5.41, 5.74) is 0.837. The number of hydrogen-bond acceptors (Lipinski definition) is 7. The van der Waals surface area contributed by atoms with Crippen molar-refractivity contribution in [3.8, 4) is 5.75 Å². The predicted molar refractivity (Wildman–Crippen MR) is 151 cm³/mol. The number of piperidine rings is 1. The quantitative estimate of drug-likeness (QED) is 0.471. The van der Waals surface area contributed by atoms with Gasteiger partial charge in [0.1, 0.15) is 17.8 Å². The SMILES string of the molecule is COCCN1CC(=O)N[C@H](C(=O)N(C)C2CCN(C)CC2)Cc2ccc(cc2)OCC(=O)N[C@@H](CC(C)C)C1=O. The minimum absolute atomic E-state index is 0.0944. The number of benzene rings is 1. The van der Waals surface area contributed by atoms with Crippen LogP contribution in [0.15, 0.2) is 24.3 Å². The fourth-order valence-electron chi connectivity index (χ4n) is 5.15. The van der Waals surface area contributed by atoms with Gasteiger partial charge < -0.3 is 34.8 Å². The predicted octanol–water partition coefficient (Wildman–Crippen LogP) is 0.665. The van der Waals surface area contributed by atoms with Crippen molar-refractivity contribution in [1.82, 2.24) is 25.3 Å². The van der Waals surface area contributed by atoms with Crippen LogP contribution in [0.5, 0.6) is 5.75 Å². The molecule has 1 fully saturated rings. The van der Waals surface area contributed by atoms with E-state index in [1.54, 1.807) is 24.1 Å².